The Morgan fingerprint density at radius 3 is 2.80 bits per heavy atom. The fourth-order valence-electron chi connectivity index (χ4n) is 3.71. The molecule has 4 rings (SSSR count). The molecule has 0 N–H and O–H groups in total. The van der Waals surface area contributed by atoms with Gasteiger partial charge in [0.1, 0.15) is 11.5 Å². The van der Waals surface area contributed by atoms with Crippen LogP contribution < -0.4 is 4.74 Å². The zero-order valence-electron chi connectivity index (χ0n) is 16.6. The summed E-state index contributed by atoms with van der Waals surface area (Å²) in [4.78, 5) is 4.59. The molecule has 0 spiro atoms. The monoisotopic (exact) mass is 447 g/mol. The molecule has 5 nitrogen and oxygen atoms in total. The number of nitrogens with zero attached hydrogens (tertiary/aromatic N) is 1. The van der Waals surface area contributed by atoms with Crippen molar-refractivity contribution in [1.29, 1.82) is 0 Å². The summed E-state index contributed by atoms with van der Waals surface area (Å²) in [5, 5.41) is 3.01. The number of thiophene rings is 1. The molecular formula is C22H22FNO4S2. The summed E-state index contributed by atoms with van der Waals surface area (Å²) in [5.74, 6) is 1.30. The van der Waals surface area contributed by atoms with Crippen LogP contribution in [0.4, 0.5) is 4.39 Å². The van der Waals surface area contributed by atoms with Crippen molar-refractivity contribution < 1.29 is 22.3 Å². The fraction of sp³-hybridized carbons (Fsp3) is 0.318. The molecule has 0 atom stereocenters. The first kappa shape index (κ1) is 21.0. The minimum atomic E-state index is -4.03. The highest BCUT2D eigenvalue weighted by atomic mass is 32.2. The van der Waals surface area contributed by atoms with Gasteiger partial charge in [-0.1, -0.05) is 6.07 Å². The summed E-state index contributed by atoms with van der Waals surface area (Å²) in [7, 11) is -2.41. The van der Waals surface area contributed by atoms with Crippen LogP contribution in [0.3, 0.4) is 0 Å². The second-order valence-electron chi connectivity index (χ2n) is 7.00. The molecule has 0 radical (unpaired) electrons. The Morgan fingerprint density at radius 1 is 1.13 bits per heavy atom. The Morgan fingerprint density at radius 2 is 2.00 bits per heavy atom. The molecule has 30 heavy (non-hydrogen) atoms. The molecule has 158 valence electrons. The van der Waals surface area contributed by atoms with E-state index in [0.717, 1.165) is 22.1 Å². The van der Waals surface area contributed by atoms with E-state index in [1.807, 2.05) is 29.6 Å². The van der Waals surface area contributed by atoms with Gasteiger partial charge in [0.15, 0.2) is 6.01 Å². The molecule has 0 saturated heterocycles. The quantitative estimate of drug-likeness (QED) is 0.447. The molecule has 0 bridgehead atoms. The van der Waals surface area contributed by atoms with Crippen molar-refractivity contribution in [1.82, 2.24) is 0 Å². The second-order valence-corrected chi connectivity index (χ2v) is 9.84. The topological polar surface area (TPSA) is 65.0 Å². The van der Waals surface area contributed by atoms with Crippen molar-refractivity contribution in [2.24, 2.45) is 4.99 Å². The van der Waals surface area contributed by atoms with E-state index in [0.29, 0.717) is 48.8 Å². The lowest BCUT2D eigenvalue weighted by molar-refractivity contribution is 0.197. The lowest BCUT2D eigenvalue weighted by atomic mass is 10.1. The van der Waals surface area contributed by atoms with E-state index in [-0.39, 0.29) is 4.90 Å². The first-order chi connectivity index (χ1) is 14.5. The van der Waals surface area contributed by atoms with Gasteiger partial charge in [0.05, 0.1) is 4.90 Å². The van der Waals surface area contributed by atoms with Crippen LogP contribution in [0.2, 0.25) is 0 Å². The van der Waals surface area contributed by atoms with Gasteiger partial charge >= 0.3 is 0 Å². The molecule has 2 aromatic carbocycles. The van der Waals surface area contributed by atoms with Gasteiger partial charge in [0, 0.05) is 47.2 Å². The molecule has 0 amide bonds. The molecule has 0 aliphatic heterocycles. The van der Waals surface area contributed by atoms with E-state index in [2.05, 4.69) is 4.99 Å². The zero-order chi connectivity index (χ0) is 21.1. The second kappa shape index (κ2) is 8.83. The highest BCUT2D eigenvalue weighted by Crippen LogP contribution is 2.40. The van der Waals surface area contributed by atoms with Crippen molar-refractivity contribution in [3.63, 3.8) is 0 Å². The summed E-state index contributed by atoms with van der Waals surface area (Å²) in [6, 6.07) is 9.47. The number of methoxy groups -OCH3 is 1. The third-order valence-corrected chi connectivity index (χ3v) is 7.28. The standard InChI is InChI=1S/C22H22FNO4S2/c1-27-12-3-11-24-17-7-6-16-19(8-9-21(22(16)17)30(25,26)14-23)28-18-4-2-5-20-15(18)10-13-29-20/h2,4-5,8-10,13H,3,6-7,11-12,14H2,1H3. The molecule has 8 heteroatoms. The van der Waals surface area contributed by atoms with Crippen LogP contribution in [-0.2, 0) is 21.0 Å². The summed E-state index contributed by atoms with van der Waals surface area (Å²) in [5.41, 5.74) is 1.95. The highest BCUT2D eigenvalue weighted by Gasteiger charge is 2.30. The number of hydrogen-bond acceptors (Lipinski definition) is 6. The van der Waals surface area contributed by atoms with Gasteiger partial charge in [-0.25, -0.2) is 12.8 Å². The van der Waals surface area contributed by atoms with Crippen molar-refractivity contribution >= 4 is 37.0 Å². The average Bonchev–Trinajstić information content (AvgIpc) is 3.39. The SMILES string of the molecule is COCCCN=C1CCc2c(Oc3cccc4sccc34)ccc(S(=O)(=O)CF)c21. The lowest BCUT2D eigenvalue weighted by Crippen LogP contribution is -2.10. The van der Waals surface area contributed by atoms with E-state index >= 15 is 0 Å². The number of benzene rings is 2. The van der Waals surface area contributed by atoms with Gasteiger partial charge in [-0.2, -0.15) is 0 Å². The number of sulfone groups is 1. The smallest absolute Gasteiger partial charge is 0.208 e. The maximum atomic E-state index is 13.3. The average molecular weight is 448 g/mol. The van der Waals surface area contributed by atoms with Gasteiger partial charge in [0.2, 0.25) is 9.84 Å². The Labute approximate surface area is 179 Å². The van der Waals surface area contributed by atoms with E-state index in [1.54, 1.807) is 24.5 Å². The van der Waals surface area contributed by atoms with Crippen LogP contribution in [-0.4, -0.2) is 40.4 Å². The van der Waals surface area contributed by atoms with Crippen LogP contribution in [0.1, 0.15) is 24.0 Å². The highest BCUT2D eigenvalue weighted by molar-refractivity contribution is 7.91. The molecular weight excluding hydrogens is 425 g/mol. The molecule has 1 heterocycles. The maximum absolute atomic E-state index is 13.3. The summed E-state index contributed by atoms with van der Waals surface area (Å²) < 4.78 is 50.5. The van der Waals surface area contributed by atoms with Crippen LogP contribution in [0.25, 0.3) is 10.1 Å². The van der Waals surface area contributed by atoms with E-state index < -0.39 is 15.8 Å². The Bertz CT molecular complexity index is 1200. The third-order valence-electron chi connectivity index (χ3n) is 5.10. The molecule has 0 fully saturated rings. The van der Waals surface area contributed by atoms with Crippen molar-refractivity contribution in [2.45, 2.75) is 24.2 Å². The van der Waals surface area contributed by atoms with Crippen LogP contribution >= 0.6 is 11.3 Å². The van der Waals surface area contributed by atoms with Crippen molar-refractivity contribution in [3.8, 4) is 11.5 Å². The molecule has 3 aromatic rings. The Balaban J connectivity index is 1.77. The molecule has 1 aromatic heterocycles. The normalized spacial score (nSPS) is 15.1. The van der Waals surface area contributed by atoms with Crippen LogP contribution in [0, 0.1) is 0 Å². The number of ether oxygens (including phenoxy) is 2. The number of alkyl halides is 1. The van der Waals surface area contributed by atoms with Crippen molar-refractivity contribution in [3.05, 3.63) is 52.9 Å². The van der Waals surface area contributed by atoms with Crippen LogP contribution in [0.15, 0.2) is 51.7 Å². The first-order valence-corrected chi connectivity index (χ1v) is 12.2. The minimum Gasteiger partial charge on any atom is -0.456 e. The molecule has 0 saturated carbocycles. The van der Waals surface area contributed by atoms with Gasteiger partial charge in [-0.05, 0) is 55.0 Å². The number of fused-ring (bicyclic) bond motifs is 2. The van der Waals surface area contributed by atoms with Gasteiger partial charge in [-0.3, -0.25) is 4.99 Å². The number of rotatable bonds is 8. The zero-order valence-corrected chi connectivity index (χ0v) is 18.2. The summed E-state index contributed by atoms with van der Waals surface area (Å²) >= 11 is 1.63. The lowest BCUT2D eigenvalue weighted by Gasteiger charge is -2.14. The molecule has 1 aliphatic carbocycles. The van der Waals surface area contributed by atoms with Crippen LogP contribution in [0.5, 0.6) is 11.5 Å². The molecule has 1 aliphatic rings. The number of aliphatic imine (C=N–C) groups is 1. The largest absolute Gasteiger partial charge is 0.456 e. The minimum absolute atomic E-state index is 0.0101. The third kappa shape index (κ3) is 3.99. The van der Waals surface area contributed by atoms with E-state index in [1.165, 1.54) is 6.07 Å². The number of hydrogen-bond donors (Lipinski definition) is 0. The summed E-state index contributed by atoms with van der Waals surface area (Å²) in [6.45, 7) is 1.10. The van der Waals surface area contributed by atoms with Gasteiger partial charge < -0.3 is 9.47 Å². The first-order valence-electron chi connectivity index (χ1n) is 9.66. The maximum Gasteiger partial charge on any atom is 0.208 e. The van der Waals surface area contributed by atoms with E-state index in [4.69, 9.17) is 9.47 Å². The Kier molecular flexibility index (Phi) is 6.17. The fourth-order valence-corrected chi connectivity index (χ4v) is 5.46. The van der Waals surface area contributed by atoms with Crippen molar-refractivity contribution in [2.75, 3.05) is 26.3 Å². The van der Waals surface area contributed by atoms with Gasteiger partial charge in [-0.15, -0.1) is 11.3 Å². The molecule has 0 unspecified atom stereocenters. The summed E-state index contributed by atoms with van der Waals surface area (Å²) in [6.07, 6.45) is 1.93. The Hall–Kier alpha value is -2.29. The van der Waals surface area contributed by atoms with Gasteiger partial charge in [0.25, 0.3) is 0 Å². The van der Waals surface area contributed by atoms with E-state index in [9.17, 15) is 12.8 Å². The number of halogens is 1. The predicted molar refractivity (Wildman–Crippen MR) is 118 cm³/mol. The predicted octanol–water partition coefficient (Wildman–Crippen LogP) is 5.17.